The Morgan fingerprint density at radius 1 is 1.26 bits per heavy atom. The predicted octanol–water partition coefficient (Wildman–Crippen LogP) is 4.45. The molecule has 0 aliphatic carbocycles. The second kappa shape index (κ2) is 7.40. The zero-order chi connectivity index (χ0) is 19.0. The summed E-state index contributed by atoms with van der Waals surface area (Å²) in [4.78, 5) is 16.0. The third kappa shape index (κ3) is 3.74. The lowest BCUT2D eigenvalue weighted by Gasteiger charge is -2.24. The summed E-state index contributed by atoms with van der Waals surface area (Å²) in [6.07, 6.45) is 1.67. The van der Waals surface area contributed by atoms with Crippen LogP contribution >= 0.6 is 31.9 Å². The van der Waals surface area contributed by atoms with E-state index in [1.807, 2.05) is 12.1 Å². The van der Waals surface area contributed by atoms with Gasteiger partial charge >= 0.3 is 0 Å². The van der Waals surface area contributed by atoms with Gasteiger partial charge in [-0.05, 0) is 67.3 Å². The average molecular weight is 496 g/mol. The number of carbonyl (C=O) groups is 1. The van der Waals surface area contributed by atoms with Gasteiger partial charge < -0.3 is 4.74 Å². The van der Waals surface area contributed by atoms with E-state index in [-0.39, 0.29) is 30.8 Å². The van der Waals surface area contributed by atoms with Crippen LogP contribution in [0.4, 0.5) is 10.3 Å². The number of benzene rings is 2. The van der Waals surface area contributed by atoms with Gasteiger partial charge in [-0.15, -0.1) is 0 Å². The van der Waals surface area contributed by atoms with E-state index in [4.69, 9.17) is 4.74 Å². The van der Waals surface area contributed by atoms with Crippen molar-refractivity contribution in [2.24, 2.45) is 0 Å². The third-order valence-corrected chi connectivity index (χ3v) is 5.35. The number of carbonyl (C=O) groups excluding carboxylic acids is 1. The maximum atomic E-state index is 13.3. The molecule has 0 fully saturated rings. The zero-order valence-electron chi connectivity index (χ0n) is 13.8. The molecule has 138 valence electrons. The zero-order valence-corrected chi connectivity index (χ0v) is 17.0. The molecule has 3 aromatic rings. The Labute approximate surface area is 171 Å². The maximum absolute atomic E-state index is 13.3. The molecule has 1 aliphatic rings. The summed E-state index contributed by atoms with van der Waals surface area (Å²) in [6.45, 7) is 0.230. The van der Waals surface area contributed by atoms with Crippen LogP contribution in [-0.4, -0.2) is 20.7 Å². The normalized spacial score (nSPS) is 16.0. The fraction of sp³-hybridized carbons (Fsp3) is 0.167. The first-order chi connectivity index (χ1) is 13.0. The van der Waals surface area contributed by atoms with Crippen LogP contribution in [0.3, 0.4) is 0 Å². The first kappa shape index (κ1) is 18.1. The largest absolute Gasteiger partial charge is 0.487 e. The highest BCUT2D eigenvalue weighted by molar-refractivity contribution is 9.11. The van der Waals surface area contributed by atoms with Gasteiger partial charge in [-0.2, -0.15) is 10.1 Å². The molecule has 6 nitrogen and oxygen atoms in total. The maximum Gasteiger partial charge on any atom is 0.229 e. The van der Waals surface area contributed by atoms with Gasteiger partial charge in [0.15, 0.2) is 0 Å². The number of hydrogen-bond acceptors (Lipinski definition) is 4. The molecule has 9 heteroatoms. The molecule has 4 rings (SSSR count). The molecule has 0 saturated carbocycles. The highest BCUT2D eigenvalue weighted by Gasteiger charge is 2.28. The van der Waals surface area contributed by atoms with Crippen LogP contribution in [0.1, 0.15) is 23.6 Å². The SMILES string of the molecule is O=C1C[C@H](c2cc(Br)c(OCc3cccc(F)c3)c(Br)c2)n2ncnc2N1. The monoisotopic (exact) mass is 494 g/mol. The minimum Gasteiger partial charge on any atom is -0.487 e. The van der Waals surface area contributed by atoms with Gasteiger partial charge in [0.05, 0.1) is 21.4 Å². The van der Waals surface area contributed by atoms with Crippen molar-refractivity contribution in [3.63, 3.8) is 0 Å². The van der Waals surface area contributed by atoms with Crippen LogP contribution in [-0.2, 0) is 11.4 Å². The Balaban J connectivity index is 1.60. The van der Waals surface area contributed by atoms with Crippen LogP contribution in [0.2, 0.25) is 0 Å². The van der Waals surface area contributed by atoms with E-state index in [1.165, 1.54) is 18.5 Å². The first-order valence-corrected chi connectivity index (χ1v) is 9.65. The molecule has 27 heavy (non-hydrogen) atoms. The summed E-state index contributed by atoms with van der Waals surface area (Å²) >= 11 is 7.05. The van der Waals surface area contributed by atoms with Gasteiger partial charge in [0.25, 0.3) is 0 Å². The number of fused-ring (bicyclic) bond motifs is 1. The van der Waals surface area contributed by atoms with Gasteiger partial charge in [0, 0.05) is 0 Å². The minimum absolute atomic E-state index is 0.112. The van der Waals surface area contributed by atoms with Crippen molar-refractivity contribution < 1.29 is 13.9 Å². The molecule has 0 spiro atoms. The van der Waals surface area contributed by atoms with E-state index in [9.17, 15) is 9.18 Å². The summed E-state index contributed by atoms with van der Waals surface area (Å²) < 4.78 is 22.3. The summed E-state index contributed by atoms with van der Waals surface area (Å²) in [6, 6.07) is 9.78. The Hall–Kier alpha value is -2.26. The predicted molar refractivity (Wildman–Crippen MR) is 104 cm³/mol. The fourth-order valence-electron chi connectivity index (χ4n) is 2.96. The number of hydrogen-bond donors (Lipinski definition) is 1. The van der Waals surface area contributed by atoms with E-state index < -0.39 is 0 Å². The minimum atomic E-state index is -0.302. The molecule has 1 amide bonds. The Morgan fingerprint density at radius 3 is 2.78 bits per heavy atom. The molecule has 2 heterocycles. The molecule has 1 aromatic heterocycles. The van der Waals surface area contributed by atoms with Gasteiger partial charge in [0.1, 0.15) is 24.5 Å². The number of nitrogens with one attached hydrogen (secondary N) is 1. The van der Waals surface area contributed by atoms with E-state index in [0.717, 1.165) is 20.1 Å². The van der Waals surface area contributed by atoms with Crippen molar-refractivity contribution in [1.82, 2.24) is 14.8 Å². The van der Waals surface area contributed by atoms with Gasteiger partial charge in [-0.1, -0.05) is 12.1 Å². The summed E-state index contributed by atoms with van der Waals surface area (Å²) in [5, 5.41) is 6.90. The van der Waals surface area contributed by atoms with Gasteiger partial charge in [-0.3, -0.25) is 10.1 Å². The van der Waals surface area contributed by atoms with Crippen LogP contribution in [0.15, 0.2) is 51.7 Å². The lowest BCUT2D eigenvalue weighted by atomic mass is 10.0. The number of rotatable bonds is 4. The Bertz CT molecular complexity index is 1000. The first-order valence-electron chi connectivity index (χ1n) is 8.07. The second-order valence-corrected chi connectivity index (χ2v) is 7.74. The highest BCUT2D eigenvalue weighted by atomic mass is 79.9. The van der Waals surface area contributed by atoms with Crippen LogP contribution in [0.25, 0.3) is 0 Å². The number of ether oxygens (including phenoxy) is 1. The van der Waals surface area contributed by atoms with Gasteiger partial charge in [-0.25, -0.2) is 9.07 Å². The van der Waals surface area contributed by atoms with E-state index >= 15 is 0 Å². The fourth-order valence-corrected chi connectivity index (χ4v) is 4.41. The standard InChI is InChI=1S/C18H13Br2FN4O2/c19-13-5-11(15-7-16(26)24-18-22-9-23-25(15)18)6-14(20)17(13)27-8-10-2-1-3-12(21)4-10/h1-6,9,15H,7-8H2,(H,22,23,24,26)/t15-/m1/s1. The number of halogens is 3. The lowest BCUT2D eigenvalue weighted by Crippen LogP contribution is -2.29. The van der Waals surface area contributed by atoms with E-state index in [0.29, 0.717) is 11.7 Å². The average Bonchev–Trinajstić information content (AvgIpc) is 3.08. The van der Waals surface area contributed by atoms with Crippen molar-refractivity contribution in [2.75, 3.05) is 5.32 Å². The number of anilines is 1. The Morgan fingerprint density at radius 2 is 2.04 bits per heavy atom. The second-order valence-electron chi connectivity index (χ2n) is 6.03. The van der Waals surface area contributed by atoms with E-state index in [1.54, 1.807) is 16.8 Å². The number of nitrogens with zero attached hydrogens (tertiary/aromatic N) is 3. The molecule has 1 atom stereocenters. The van der Waals surface area contributed by atoms with Crippen LogP contribution in [0.5, 0.6) is 5.75 Å². The molecular weight excluding hydrogens is 483 g/mol. The van der Waals surface area contributed by atoms with E-state index in [2.05, 4.69) is 47.3 Å². The smallest absolute Gasteiger partial charge is 0.229 e. The lowest BCUT2D eigenvalue weighted by molar-refractivity contribution is -0.117. The van der Waals surface area contributed by atoms with Crippen LogP contribution in [0, 0.1) is 5.82 Å². The third-order valence-electron chi connectivity index (χ3n) is 4.18. The molecule has 0 radical (unpaired) electrons. The molecule has 2 aromatic carbocycles. The van der Waals surface area contributed by atoms with Crippen molar-refractivity contribution in [1.29, 1.82) is 0 Å². The van der Waals surface area contributed by atoms with Crippen molar-refractivity contribution in [3.05, 3.63) is 68.6 Å². The molecule has 0 saturated heterocycles. The van der Waals surface area contributed by atoms with Gasteiger partial charge in [0.2, 0.25) is 11.9 Å². The quantitative estimate of drug-likeness (QED) is 0.580. The molecule has 1 N–H and O–H groups in total. The molecule has 0 bridgehead atoms. The summed E-state index contributed by atoms with van der Waals surface area (Å²) in [7, 11) is 0. The summed E-state index contributed by atoms with van der Waals surface area (Å²) in [5.41, 5.74) is 1.61. The van der Waals surface area contributed by atoms with Crippen LogP contribution < -0.4 is 10.1 Å². The topological polar surface area (TPSA) is 69.0 Å². The number of aromatic nitrogens is 3. The molecule has 0 unspecified atom stereocenters. The Kier molecular flexibility index (Phi) is 4.96. The molecule has 1 aliphatic heterocycles. The van der Waals surface area contributed by atoms with Crippen molar-refractivity contribution in [2.45, 2.75) is 19.1 Å². The number of amides is 1. The van der Waals surface area contributed by atoms with Crippen molar-refractivity contribution >= 4 is 43.7 Å². The summed E-state index contributed by atoms with van der Waals surface area (Å²) in [5.74, 6) is 0.611. The van der Waals surface area contributed by atoms with Crippen molar-refractivity contribution in [3.8, 4) is 5.75 Å². The molecular formula is C18H13Br2FN4O2. The highest BCUT2D eigenvalue weighted by Crippen LogP contribution is 2.39.